The highest BCUT2D eigenvalue weighted by Crippen LogP contribution is 2.20. The fourth-order valence-corrected chi connectivity index (χ4v) is 6.49. The third-order valence-electron chi connectivity index (χ3n) is 9.95. The number of unbranched alkanes of at least 4 members (excludes halogenated alkanes) is 4. The molecule has 0 fully saturated rings. The number of rotatable bonds is 21. The summed E-state index contributed by atoms with van der Waals surface area (Å²) in [5.74, 6) is -0.425. The fraction of sp³-hybridized carbons (Fsp3) is 0.375. The molecule has 0 aliphatic rings. The van der Waals surface area contributed by atoms with Crippen LogP contribution < -0.4 is 20.1 Å². The van der Waals surface area contributed by atoms with Crippen LogP contribution in [0, 0.1) is 0 Å². The van der Waals surface area contributed by atoms with Gasteiger partial charge in [-0.2, -0.15) is 0 Å². The molecule has 0 saturated carbocycles. The molecule has 5 rings (SSSR count). The van der Waals surface area contributed by atoms with Gasteiger partial charge in [0.2, 0.25) is 0 Å². The number of carbonyl (C=O) groups excluding carboxylic acids is 5. The lowest BCUT2D eigenvalue weighted by atomic mass is 10.1. The topological polar surface area (TPSA) is 185 Å². The Hall–Kier alpha value is -7.35. The van der Waals surface area contributed by atoms with Crippen LogP contribution in [0.4, 0.5) is 9.59 Å². The van der Waals surface area contributed by atoms with Gasteiger partial charge >= 0.3 is 30.1 Å². The summed E-state index contributed by atoms with van der Waals surface area (Å²) in [5, 5.41) is 14.6. The monoisotopic (exact) mass is 960 g/mol. The first kappa shape index (κ1) is 55.2. The number of phenols is 1. The number of aromatic hydroxyl groups is 1. The van der Waals surface area contributed by atoms with E-state index in [2.05, 4.69) is 17.6 Å². The van der Waals surface area contributed by atoms with Crippen molar-refractivity contribution in [3.8, 4) is 17.2 Å². The van der Waals surface area contributed by atoms with Gasteiger partial charge in [-0.25, -0.2) is 24.0 Å². The normalized spacial score (nSPS) is 11.9. The molecule has 14 heteroatoms. The summed E-state index contributed by atoms with van der Waals surface area (Å²) < 4.78 is 32.7. The fourth-order valence-electron chi connectivity index (χ4n) is 6.49. The Morgan fingerprint density at radius 2 is 0.943 bits per heavy atom. The van der Waals surface area contributed by atoms with Crippen LogP contribution in [0.25, 0.3) is 0 Å². The lowest BCUT2D eigenvalue weighted by molar-refractivity contribution is -0.158. The van der Waals surface area contributed by atoms with Gasteiger partial charge in [0.25, 0.3) is 0 Å². The molecule has 374 valence electrons. The van der Waals surface area contributed by atoms with Crippen LogP contribution in [0.5, 0.6) is 17.2 Å². The van der Waals surface area contributed by atoms with Crippen molar-refractivity contribution in [2.45, 2.75) is 130 Å². The zero-order valence-electron chi connectivity index (χ0n) is 41.4. The highest BCUT2D eigenvalue weighted by Gasteiger charge is 2.29. The van der Waals surface area contributed by atoms with E-state index in [-0.39, 0.29) is 31.8 Å². The van der Waals surface area contributed by atoms with E-state index < -0.39 is 53.4 Å². The van der Waals surface area contributed by atoms with Crippen LogP contribution in [-0.4, -0.2) is 65.1 Å². The van der Waals surface area contributed by atoms with Crippen molar-refractivity contribution in [1.29, 1.82) is 0 Å². The van der Waals surface area contributed by atoms with E-state index in [1.807, 2.05) is 60.7 Å². The number of nitrogens with one attached hydrogen (secondary N) is 2. The number of alkyl carbamates (subject to hydrolysis) is 2. The Morgan fingerprint density at radius 1 is 0.514 bits per heavy atom. The second-order valence-electron chi connectivity index (χ2n) is 18.5. The van der Waals surface area contributed by atoms with Gasteiger partial charge in [-0.15, -0.1) is 0 Å². The average Bonchev–Trinajstić information content (AvgIpc) is 3.32. The third-order valence-corrected chi connectivity index (χ3v) is 9.95. The summed E-state index contributed by atoms with van der Waals surface area (Å²) in [5.41, 5.74) is 2.17. The van der Waals surface area contributed by atoms with E-state index in [1.54, 1.807) is 102 Å². The van der Waals surface area contributed by atoms with Crippen molar-refractivity contribution >= 4 is 30.1 Å². The van der Waals surface area contributed by atoms with Crippen molar-refractivity contribution < 1.29 is 57.5 Å². The summed E-state index contributed by atoms with van der Waals surface area (Å²) in [6.07, 6.45) is 4.78. The first-order chi connectivity index (χ1) is 33.4. The molecule has 0 aliphatic heterocycles. The zero-order valence-corrected chi connectivity index (χ0v) is 41.4. The summed E-state index contributed by atoms with van der Waals surface area (Å²) in [6, 6.07) is 36.7. The lowest BCUT2D eigenvalue weighted by Gasteiger charge is -2.24. The molecule has 0 spiro atoms. The van der Waals surface area contributed by atoms with Crippen molar-refractivity contribution in [2.24, 2.45) is 0 Å². The molecule has 2 atom stereocenters. The van der Waals surface area contributed by atoms with Crippen LogP contribution in [0.3, 0.4) is 0 Å². The Balaban J connectivity index is 0.000000338. The van der Waals surface area contributed by atoms with E-state index in [9.17, 15) is 29.1 Å². The molecule has 70 heavy (non-hydrogen) atoms. The minimum absolute atomic E-state index is 0.0721. The highest BCUT2D eigenvalue weighted by atomic mass is 16.6. The molecular weight excluding hydrogens is 893 g/mol. The third kappa shape index (κ3) is 22.2. The molecule has 0 saturated heterocycles. The van der Waals surface area contributed by atoms with Gasteiger partial charge in [-0.3, -0.25) is 0 Å². The molecule has 0 aliphatic carbocycles. The summed E-state index contributed by atoms with van der Waals surface area (Å²) in [4.78, 5) is 62.7. The maximum absolute atomic E-state index is 12.9. The first-order valence-corrected chi connectivity index (χ1v) is 23.6. The van der Waals surface area contributed by atoms with Crippen molar-refractivity contribution in [3.63, 3.8) is 0 Å². The van der Waals surface area contributed by atoms with Gasteiger partial charge < -0.3 is 44.2 Å². The van der Waals surface area contributed by atoms with E-state index in [4.69, 9.17) is 28.4 Å². The standard InChI is InChI=1S/C35H43NO7.C21H25NO5/c1-5-6-7-8-12-23-40-29-21-17-28(18-22-29)32(37)42-30-19-15-26(16-20-30)24-31(33(38)43-35(2,3)4)36-34(39)41-25-27-13-10-9-11-14-27;1-21(2,3)27-19(24)18(13-15-9-11-17(23)12-10-15)22-20(25)26-14-16-7-5-4-6-8-16/h9-11,13-22,31H,5-8,12,23-25H2,1-4H3,(H,36,39);4-12,18,23H,13-14H2,1-3H3,(H,22,25)/t31-;18-/m00/s1. The first-order valence-electron chi connectivity index (χ1n) is 23.6. The van der Waals surface area contributed by atoms with Gasteiger partial charge in [0.05, 0.1) is 12.2 Å². The van der Waals surface area contributed by atoms with Crippen LogP contribution in [0.1, 0.15) is 113 Å². The van der Waals surface area contributed by atoms with E-state index in [0.717, 1.165) is 35.1 Å². The Kier molecular flexibility index (Phi) is 22.3. The molecule has 5 aromatic carbocycles. The molecule has 0 radical (unpaired) electrons. The van der Waals surface area contributed by atoms with Crippen LogP contribution in [-0.2, 0) is 54.6 Å². The predicted octanol–water partition coefficient (Wildman–Crippen LogP) is 11.0. The van der Waals surface area contributed by atoms with E-state index in [1.165, 1.54) is 31.4 Å². The smallest absolute Gasteiger partial charge is 0.408 e. The average molecular weight is 961 g/mol. The van der Waals surface area contributed by atoms with Crippen molar-refractivity contribution in [1.82, 2.24) is 10.6 Å². The number of benzene rings is 5. The van der Waals surface area contributed by atoms with Crippen molar-refractivity contribution in [2.75, 3.05) is 6.61 Å². The zero-order chi connectivity index (χ0) is 50.9. The summed E-state index contributed by atoms with van der Waals surface area (Å²) >= 11 is 0. The van der Waals surface area contributed by atoms with Crippen LogP contribution in [0.2, 0.25) is 0 Å². The van der Waals surface area contributed by atoms with Gasteiger partial charge in [0.1, 0.15) is 53.7 Å². The number of esters is 3. The largest absolute Gasteiger partial charge is 0.508 e. The number of hydrogen-bond acceptors (Lipinski definition) is 12. The Labute approximate surface area is 412 Å². The van der Waals surface area contributed by atoms with E-state index in [0.29, 0.717) is 23.7 Å². The molecule has 3 N–H and O–H groups in total. The maximum Gasteiger partial charge on any atom is 0.408 e. The molecule has 2 amide bonds. The van der Waals surface area contributed by atoms with Gasteiger partial charge in [-0.05, 0) is 119 Å². The minimum atomic E-state index is -0.979. The molecular formula is C56H68N2O12. The minimum Gasteiger partial charge on any atom is -0.508 e. The molecule has 0 unspecified atom stereocenters. The molecule has 0 heterocycles. The molecule has 0 aromatic heterocycles. The second-order valence-corrected chi connectivity index (χ2v) is 18.5. The number of ether oxygens (including phenoxy) is 6. The summed E-state index contributed by atoms with van der Waals surface area (Å²) in [7, 11) is 0. The van der Waals surface area contributed by atoms with Crippen LogP contribution >= 0.6 is 0 Å². The van der Waals surface area contributed by atoms with Gasteiger partial charge in [-0.1, -0.05) is 118 Å². The SMILES string of the molecule is CC(C)(C)OC(=O)[C@H](Cc1ccc(O)cc1)NC(=O)OCc1ccccc1.CCCCCCCOc1ccc(C(=O)Oc2ccc(C[C@H](NC(=O)OCc3ccccc3)C(=O)OC(C)(C)C)cc2)cc1. The number of phenolic OH excluding ortho intramolecular Hbond substituents is 1. The van der Waals surface area contributed by atoms with Gasteiger partial charge in [0.15, 0.2) is 0 Å². The quantitative estimate of drug-likeness (QED) is 0.0274. The molecule has 0 bridgehead atoms. The Morgan fingerprint density at radius 3 is 1.39 bits per heavy atom. The predicted molar refractivity (Wildman–Crippen MR) is 266 cm³/mol. The van der Waals surface area contributed by atoms with Crippen molar-refractivity contribution in [3.05, 3.63) is 161 Å². The summed E-state index contributed by atoms with van der Waals surface area (Å²) in [6.45, 7) is 13.6. The maximum atomic E-state index is 12.9. The number of carbonyl (C=O) groups is 5. The lowest BCUT2D eigenvalue weighted by Crippen LogP contribution is -2.45. The highest BCUT2D eigenvalue weighted by molar-refractivity contribution is 5.91. The van der Waals surface area contributed by atoms with E-state index >= 15 is 0 Å². The molecule has 14 nitrogen and oxygen atoms in total. The molecule has 5 aromatic rings. The number of hydrogen-bond donors (Lipinski definition) is 3. The van der Waals surface area contributed by atoms with Crippen LogP contribution in [0.15, 0.2) is 133 Å². The van der Waals surface area contributed by atoms with Gasteiger partial charge in [0, 0.05) is 12.8 Å². The Bertz CT molecular complexity index is 2360. The second kappa shape index (κ2) is 28.2. The number of amides is 2.